The van der Waals surface area contributed by atoms with Crippen LogP contribution in [0.5, 0.6) is 0 Å². The zero-order chi connectivity index (χ0) is 36.7. The van der Waals surface area contributed by atoms with Crippen molar-refractivity contribution >= 4 is 110 Å². The first-order chi connectivity index (χ1) is 27.8. The van der Waals surface area contributed by atoms with Crippen LogP contribution in [0.25, 0.3) is 122 Å². The molecule has 56 heavy (non-hydrogen) atoms. The van der Waals surface area contributed by atoms with Gasteiger partial charge in [0.2, 0.25) is 0 Å². The van der Waals surface area contributed by atoms with Crippen molar-refractivity contribution in [1.29, 1.82) is 0 Å². The van der Waals surface area contributed by atoms with Gasteiger partial charge in [0.05, 0.1) is 0 Å². The summed E-state index contributed by atoms with van der Waals surface area (Å²) in [5.74, 6) is 0. The van der Waals surface area contributed by atoms with Crippen LogP contribution in [0.2, 0.25) is 0 Å². The molecule has 12 aromatic rings. The van der Waals surface area contributed by atoms with E-state index in [0.717, 1.165) is 0 Å². The molecule has 0 fully saturated rings. The highest BCUT2D eigenvalue weighted by atomic mass is 14.3. The molecule has 0 heteroatoms. The van der Waals surface area contributed by atoms with Crippen LogP contribution in [-0.2, 0) is 0 Å². The Morgan fingerprint density at radius 1 is 0.232 bits per heavy atom. The third-order valence-electron chi connectivity index (χ3n) is 12.1. The standard InChI is InChI=1S/C56H34/c1-4-15-35(16-5-1)27-29-44-49-34-48-42-24-13-12-23-41(42)43-25-14-26-45(52(43)48)53(49)46(30-28-36-17-6-2-7-18-36)56-50-31-38-21-10-11-22-40(38)47-32-39(37-19-8-3-9-20-37)33-51(54(47)50)55(44)56/h1-34H. The fourth-order valence-electron chi connectivity index (χ4n) is 9.72. The molecule has 0 aliphatic carbocycles. The molecule has 0 unspecified atom stereocenters. The molecule has 0 nitrogen and oxygen atoms in total. The minimum Gasteiger partial charge on any atom is -0.0622 e. The maximum absolute atomic E-state index is 2.51. The smallest absolute Gasteiger partial charge is 0.00132 e. The highest BCUT2D eigenvalue weighted by molar-refractivity contribution is 6.43. The van der Waals surface area contributed by atoms with Gasteiger partial charge in [0.15, 0.2) is 0 Å². The molecule has 0 bridgehead atoms. The maximum atomic E-state index is 2.51. The van der Waals surface area contributed by atoms with Crippen LogP contribution in [0.1, 0.15) is 22.3 Å². The molecular weight excluding hydrogens is 673 g/mol. The van der Waals surface area contributed by atoms with Crippen molar-refractivity contribution in [3.63, 3.8) is 0 Å². The van der Waals surface area contributed by atoms with Crippen molar-refractivity contribution in [2.45, 2.75) is 0 Å². The lowest BCUT2D eigenvalue weighted by molar-refractivity contribution is 1.66. The maximum Gasteiger partial charge on any atom is -0.00132 e. The second-order valence-electron chi connectivity index (χ2n) is 15.1. The van der Waals surface area contributed by atoms with Gasteiger partial charge in [0.25, 0.3) is 0 Å². The van der Waals surface area contributed by atoms with Gasteiger partial charge in [-0.3, -0.25) is 0 Å². The Balaban J connectivity index is 1.37. The first-order valence-corrected chi connectivity index (χ1v) is 19.5. The first-order valence-electron chi connectivity index (χ1n) is 19.5. The Bertz CT molecular complexity index is 3540. The molecule has 0 saturated carbocycles. The van der Waals surface area contributed by atoms with Crippen LogP contribution in [0.4, 0.5) is 0 Å². The Labute approximate surface area is 324 Å². The normalized spacial score (nSPS) is 12.5. The minimum atomic E-state index is 1.19. The lowest BCUT2D eigenvalue weighted by atomic mass is 9.87. The zero-order valence-electron chi connectivity index (χ0n) is 30.6. The molecule has 12 aromatic carbocycles. The highest BCUT2D eigenvalue weighted by Gasteiger charge is 2.25. The first kappa shape index (κ1) is 31.1. The molecule has 0 heterocycles. The monoisotopic (exact) mass is 706 g/mol. The summed E-state index contributed by atoms with van der Waals surface area (Å²) in [4.78, 5) is 0. The molecule has 0 spiro atoms. The average molecular weight is 707 g/mol. The molecule has 0 radical (unpaired) electrons. The summed E-state index contributed by atoms with van der Waals surface area (Å²) >= 11 is 0. The van der Waals surface area contributed by atoms with Crippen LogP contribution in [-0.4, -0.2) is 0 Å². The molecule has 0 aliphatic rings. The average Bonchev–Trinajstić information content (AvgIpc) is 3.77. The van der Waals surface area contributed by atoms with Gasteiger partial charge in [0.1, 0.15) is 0 Å². The van der Waals surface area contributed by atoms with Crippen LogP contribution < -0.4 is 0 Å². The fraction of sp³-hybridized carbons (Fsp3) is 0. The minimum absolute atomic E-state index is 1.19. The molecule has 258 valence electrons. The van der Waals surface area contributed by atoms with Crippen molar-refractivity contribution in [2.75, 3.05) is 0 Å². The van der Waals surface area contributed by atoms with E-state index >= 15 is 0 Å². The van der Waals surface area contributed by atoms with Crippen LogP contribution >= 0.6 is 0 Å². The predicted octanol–water partition coefficient (Wildman–Crippen LogP) is 15.8. The topological polar surface area (TPSA) is 0 Å². The summed E-state index contributed by atoms with van der Waals surface area (Å²) < 4.78 is 0. The van der Waals surface area contributed by atoms with E-state index in [1.165, 1.54) is 120 Å². The molecule has 0 atom stereocenters. The number of fused-ring (bicyclic) bond motifs is 10. The van der Waals surface area contributed by atoms with E-state index < -0.39 is 0 Å². The number of hydrogen-bond acceptors (Lipinski definition) is 0. The van der Waals surface area contributed by atoms with E-state index in [9.17, 15) is 0 Å². The van der Waals surface area contributed by atoms with Crippen molar-refractivity contribution in [1.82, 2.24) is 0 Å². The van der Waals surface area contributed by atoms with Crippen LogP contribution in [0.15, 0.2) is 182 Å². The Morgan fingerprint density at radius 2 is 0.732 bits per heavy atom. The number of hydrogen-bond donors (Lipinski definition) is 0. The zero-order valence-corrected chi connectivity index (χ0v) is 30.6. The largest absolute Gasteiger partial charge is 0.0622 e. The Hall–Kier alpha value is -7.28. The van der Waals surface area contributed by atoms with Gasteiger partial charge in [-0.05, 0) is 144 Å². The summed E-state index contributed by atoms with van der Waals surface area (Å²) in [6, 6.07) is 67.0. The van der Waals surface area contributed by atoms with Gasteiger partial charge in [0, 0.05) is 0 Å². The molecule has 0 N–H and O–H groups in total. The fourth-order valence-corrected chi connectivity index (χ4v) is 9.72. The van der Waals surface area contributed by atoms with Crippen molar-refractivity contribution in [3.05, 3.63) is 204 Å². The summed E-state index contributed by atoms with van der Waals surface area (Å²) in [7, 11) is 0. The summed E-state index contributed by atoms with van der Waals surface area (Å²) in [5.41, 5.74) is 7.36. The van der Waals surface area contributed by atoms with E-state index in [1.54, 1.807) is 0 Å². The van der Waals surface area contributed by atoms with Crippen LogP contribution in [0, 0.1) is 0 Å². The van der Waals surface area contributed by atoms with Gasteiger partial charge in [-0.2, -0.15) is 0 Å². The second kappa shape index (κ2) is 12.1. The summed E-state index contributed by atoms with van der Waals surface area (Å²) in [5, 5.41) is 20.9. The summed E-state index contributed by atoms with van der Waals surface area (Å²) in [6.07, 6.45) is 9.42. The Morgan fingerprint density at radius 3 is 1.46 bits per heavy atom. The quantitative estimate of drug-likeness (QED) is 0.123. The van der Waals surface area contributed by atoms with E-state index in [2.05, 4.69) is 206 Å². The molecular formula is C56H34. The lowest BCUT2D eigenvalue weighted by Gasteiger charge is -2.15. The lowest BCUT2D eigenvalue weighted by Crippen LogP contribution is -1.90. The predicted molar refractivity (Wildman–Crippen MR) is 245 cm³/mol. The van der Waals surface area contributed by atoms with E-state index in [-0.39, 0.29) is 0 Å². The Kier molecular flexibility index (Phi) is 6.73. The molecule has 12 rings (SSSR count). The van der Waals surface area contributed by atoms with Crippen molar-refractivity contribution in [3.8, 4) is 11.1 Å². The van der Waals surface area contributed by atoms with E-state index in [4.69, 9.17) is 0 Å². The summed E-state index contributed by atoms with van der Waals surface area (Å²) in [6.45, 7) is 0. The molecule has 0 aliphatic heterocycles. The van der Waals surface area contributed by atoms with Crippen molar-refractivity contribution < 1.29 is 0 Å². The molecule has 0 aromatic heterocycles. The third-order valence-corrected chi connectivity index (χ3v) is 12.1. The van der Waals surface area contributed by atoms with Gasteiger partial charge in [-0.25, -0.2) is 0 Å². The third kappa shape index (κ3) is 4.54. The van der Waals surface area contributed by atoms with E-state index in [0.29, 0.717) is 0 Å². The number of rotatable bonds is 5. The van der Waals surface area contributed by atoms with Crippen molar-refractivity contribution in [2.24, 2.45) is 0 Å². The van der Waals surface area contributed by atoms with Gasteiger partial charge in [-0.15, -0.1) is 0 Å². The SMILES string of the molecule is C(=Cc1c2cc3c4ccccc4c4cccc(c2c(C=Cc2ccccc2)c2c5cc6ccccc6c6cc(-c7ccccc7)cc(c12)c65)c43)c1ccccc1. The van der Waals surface area contributed by atoms with Crippen LogP contribution in [0.3, 0.4) is 0 Å². The highest BCUT2D eigenvalue weighted by Crippen LogP contribution is 2.52. The molecule has 0 saturated heterocycles. The number of benzene rings is 10. The van der Waals surface area contributed by atoms with Gasteiger partial charge >= 0.3 is 0 Å². The molecule has 0 amide bonds. The van der Waals surface area contributed by atoms with E-state index in [1.807, 2.05) is 0 Å². The van der Waals surface area contributed by atoms with Gasteiger partial charge in [-0.1, -0.05) is 182 Å². The van der Waals surface area contributed by atoms with Gasteiger partial charge < -0.3 is 0 Å². The second-order valence-corrected chi connectivity index (χ2v) is 15.1.